The van der Waals surface area contributed by atoms with Crippen LogP contribution in [0.3, 0.4) is 0 Å². The lowest BCUT2D eigenvalue weighted by Gasteiger charge is -2.10. The van der Waals surface area contributed by atoms with Crippen molar-refractivity contribution in [3.63, 3.8) is 0 Å². The first-order chi connectivity index (χ1) is 10.4. The molecule has 0 unspecified atom stereocenters. The predicted octanol–water partition coefficient (Wildman–Crippen LogP) is 2.71. The van der Waals surface area contributed by atoms with Gasteiger partial charge in [-0.2, -0.15) is 0 Å². The summed E-state index contributed by atoms with van der Waals surface area (Å²) in [6.07, 6.45) is 0. The Balaban J connectivity index is 2.08. The number of aryl methyl sites for hydroxylation is 2. The average Bonchev–Trinajstić information content (AvgIpc) is 2.76. The summed E-state index contributed by atoms with van der Waals surface area (Å²) >= 11 is 1.05. The van der Waals surface area contributed by atoms with Gasteiger partial charge in [0, 0.05) is 7.05 Å². The van der Waals surface area contributed by atoms with Crippen LogP contribution in [0.1, 0.15) is 5.56 Å². The molecular formula is C15H14N2O3S2. The molecule has 2 aromatic carbocycles. The van der Waals surface area contributed by atoms with Crippen LogP contribution in [-0.2, 0) is 17.1 Å². The van der Waals surface area contributed by atoms with Crippen LogP contribution >= 0.6 is 11.5 Å². The van der Waals surface area contributed by atoms with Crippen molar-refractivity contribution in [1.82, 2.24) is 3.96 Å². The quantitative estimate of drug-likeness (QED) is 0.801. The first kappa shape index (κ1) is 14.8. The van der Waals surface area contributed by atoms with E-state index in [2.05, 4.69) is 4.72 Å². The number of hydrogen-bond donors (Lipinski definition) is 1. The molecular weight excluding hydrogens is 320 g/mol. The summed E-state index contributed by atoms with van der Waals surface area (Å²) < 4.78 is 29.1. The molecule has 0 radical (unpaired) electrons. The Bertz CT molecular complexity index is 1020. The highest BCUT2D eigenvalue weighted by Gasteiger charge is 2.17. The normalized spacial score (nSPS) is 11.7. The number of hydrogen-bond acceptors (Lipinski definition) is 4. The largest absolute Gasteiger partial charge is 0.297 e. The third-order valence-electron chi connectivity index (χ3n) is 3.45. The number of sulfonamides is 1. The molecule has 0 aliphatic heterocycles. The summed E-state index contributed by atoms with van der Waals surface area (Å²) in [5, 5.41) is 0.417. The Morgan fingerprint density at radius 1 is 1.14 bits per heavy atom. The standard InChI is InChI=1S/C15H14N2O3S2/c1-10-5-3-4-6-13(10)16-22(19,20)11-7-8-14-12(9-11)15(18)21-17(14)2/h3-9,16H,1-2H3. The molecule has 0 amide bonds. The summed E-state index contributed by atoms with van der Waals surface area (Å²) in [6.45, 7) is 1.83. The fraction of sp³-hybridized carbons (Fsp3) is 0.133. The van der Waals surface area contributed by atoms with Crippen LogP contribution in [0.4, 0.5) is 5.69 Å². The number of aromatic nitrogens is 1. The van der Waals surface area contributed by atoms with Crippen LogP contribution in [-0.4, -0.2) is 12.4 Å². The summed E-state index contributed by atoms with van der Waals surface area (Å²) in [4.78, 5) is 12.0. The first-order valence-corrected chi connectivity index (χ1v) is 8.83. The average molecular weight is 334 g/mol. The Morgan fingerprint density at radius 2 is 1.86 bits per heavy atom. The highest BCUT2D eigenvalue weighted by Crippen LogP contribution is 2.22. The molecule has 0 aliphatic rings. The Hall–Kier alpha value is -2.12. The molecule has 0 spiro atoms. The monoisotopic (exact) mass is 334 g/mol. The molecule has 0 atom stereocenters. The lowest BCUT2D eigenvalue weighted by Crippen LogP contribution is -2.13. The van der Waals surface area contributed by atoms with Crippen LogP contribution in [0.15, 0.2) is 52.2 Å². The van der Waals surface area contributed by atoms with Gasteiger partial charge >= 0.3 is 0 Å². The number of benzene rings is 2. The van der Waals surface area contributed by atoms with Crippen molar-refractivity contribution >= 4 is 38.1 Å². The zero-order valence-corrected chi connectivity index (χ0v) is 13.7. The van der Waals surface area contributed by atoms with E-state index in [0.29, 0.717) is 11.1 Å². The number of rotatable bonds is 3. The van der Waals surface area contributed by atoms with Crippen LogP contribution in [0.2, 0.25) is 0 Å². The van der Waals surface area contributed by atoms with Crippen molar-refractivity contribution < 1.29 is 8.42 Å². The van der Waals surface area contributed by atoms with Gasteiger partial charge in [-0.15, -0.1) is 0 Å². The molecule has 114 valence electrons. The summed E-state index contributed by atoms with van der Waals surface area (Å²) in [7, 11) is -1.96. The summed E-state index contributed by atoms with van der Waals surface area (Å²) in [5.74, 6) is 0. The van der Waals surface area contributed by atoms with Gasteiger partial charge in [0.15, 0.2) is 0 Å². The zero-order chi connectivity index (χ0) is 15.9. The molecule has 0 saturated heterocycles. The second-order valence-electron chi connectivity index (χ2n) is 4.98. The highest BCUT2D eigenvalue weighted by molar-refractivity contribution is 7.92. The van der Waals surface area contributed by atoms with Crippen molar-refractivity contribution in [2.24, 2.45) is 7.05 Å². The van der Waals surface area contributed by atoms with Crippen molar-refractivity contribution in [1.29, 1.82) is 0 Å². The Kier molecular flexibility index (Phi) is 3.54. The number of nitrogens with zero attached hydrogens (tertiary/aromatic N) is 1. The highest BCUT2D eigenvalue weighted by atomic mass is 32.2. The number of nitrogens with one attached hydrogen (secondary N) is 1. The Labute approximate surface area is 132 Å². The van der Waals surface area contributed by atoms with E-state index in [-0.39, 0.29) is 9.64 Å². The molecule has 0 saturated carbocycles. The molecule has 3 aromatic rings. The minimum absolute atomic E-state index is 0.0822. The molecule has 7 heteroatoms. The number of fused-ring (bicyclic) bond motifs is 1. The van der Waals surface area contributed by atoms with Crippen molar-refractivity contribution in [2.75, 3.05) is 4.72 Å². The van der Waals surface area contributed by atoms with Gasteiger partial charge in [-0.1, -0.05) is 18.2 Å². The summed E-state index contributed by atoms with van der Waals surface area (Å²) in [5.41, 5.74) is 2.09. The van der Waals surface area contributed by atoms with E-state index < -0.39 is 10.0 Å². The van der Waals surface area contributed by atoms with E-state index in [4.69, 9.17) is 0 Å². The van der Waals surface area contributed by atoms with Gasteiger partial charge in [0.2, 0.25) is 0 Å². The topological polar surface area (TPSA) is 68.2 Å². The van der Waals surface area contributed by atoms with Gasteiger partial charge in [0.25, 0.3) is 14.8 Å². The van der Waals surface area contributed by atoms with E-state index in [1.54, 1.807) is 29.2 Å². The minimum atomic E-state index is -3.73. The maximum absolute atomic E-state index is 12.5. The van der Waals surface area contributed by atoms with E-state index in [1.165, 1.54) is 12.1 Å². The van der Waals surface area contributed by atoms with Crippen molar-refractivity contribution in [3.8, 4) is 0 Å². The van der Waals surface area contributed by atoms with Gasteiger partial charge in [-0.3, -0.25) is 13.5 Å². The molecule has 5 nitrogen and oxygen atoms in total. The van der Waals surface area contributed by atoms with E-state index in [0.717, 1.165) is 22.6 Å². The second kappa shape index (κ2) is 5.26. The van der Waals surface area contributed by atoms with Crippen LogP contribution in [0.25, 0.3) is 10.9 Å². The fourth-order valence-corrected chi connectivity index (χ4v) is 4.16. The van der Waals surface area contributed by atoms with Gasteiger partial charge in [0.1, 0.15) is 0 Å². The Morgan fingerprint density at radius 3 is 2.59 bits per heavy atom. The van der Waals surface area contributed by atoms with Crippen molar-refractivity contribution in [2.45, 2.75) is 11.8 Å². The van der Waals surface area contributed by atoms with E-state index in [9.17, 15) is 13.2 Å². The van der Waals surface area contributed by atoms with Gasteiger partial charge in [-0.05, 0) is 48.3 Å². The summed E-state index contributed by atoms with van der Waals surface area (Å²) in [6, 6.07) is 11.7. The zero-order valence-electron chi connectivity index (χ0n) is 12.0. The molecule has 0 bridgehead atoms. The number of para-hydroxylation sites is 1. The SMILES string of the molecule is Cc1ccccc1NS(=O)(=O)c1ccc2c(c1)c(=O)sn2C. The molecule has 22 heavy (non-hydrogen) atoms. The smallest absolute Gasteiger partial charge is 0.261 e. The first-order valence-electron chi connectivity index (χ1n) is 6.57. The van der Waals surface area contributed by atoms with Crippen LogP contribution in [0.5, 0.6) is 0 Å². The minimum Gasteiger partial charge on any atom is -0.297 e. The van der Waals surface area contributed by atoms with E-state index in [1.807, 2.05) is 19.1 Å². The van der Waals surface area contributed by atoms with Gasteiger partial charge in [-0.25, -0.2) is 8.42 Å². The predicted molar refractivity (Wildman–Crippen MR) is 89.1 cm³/mol. The fourth-order valence-electron chi connectivity index (χ4n) is 2.23. The lowest BCUT2D eigenvalue weighted by atomic mass is 10.2. The maximum atomic E-state index is 12.5. The maximum Gasteiger partial charge on any atom is 0.261 e. The van der Waals surface area contributed by atoms with Gasteiger partial charge in [0.05, 0.1) is 21.5 Å². The lowest BCUT2D eigenvalue weighted by molar-refractivity contribution is 0.601. The van der Waals surface area contributed by atoms with Crippen LogP contribution < -0.4 is 9.46 Å². The molecule has 1 aromatic heterocycles. The molecule has 1 heterocycles. The molecule has 1 N–H and O–H groups in total. The molecule has 3 rings (SSSR count). The third-order valence-corrected chi connectivity index (χ3v) is 5.67. The van der Waals surface area contributed by atoms with Crippen molar-refractivity contribution in [3.05, 3.63) is 57.6 Å². The second-order valence-corrected chi connectivity index (χ2v) is 7.76. The molecule has 0 aliphatic carbocycles. The van der Waals surface area contributed by atoms with E-state index >= 15 is 0 Å². The molecule has 0 fully saturated rings. The van der Waals surface area contributed by atoms with Crippen LogP contribution in [0, 0.1) is 6.92 Å². The third kappa shape index (κ3) is 2.53. The van der Waals surface area contributed by atoms with Gasteiger partial charge < -0.3 is 0 Å². The number of anilines is 1.